The first-order valence-electron chi connectivity index (χ1n) is 5.68. The fourth-order valence-electron chi connectivity index (χ4n) is 1.64. The number of pyridine rings is 1. The normalized spacial score (nSPS) is 15.1. The Morgan fingerprint density at radius 3 is 3.00 bits per heavy atom. The number of nitrogens with zero attached hydrogens (tertiary/aromatic N) is 4. The van der Waals surface area contributed by atoms with Gasteiger partial charge in [-0.05, 0) is 12.1 Å². The van der Waals surface area contributed by atoms with E-state index in [9.17, 15) is 4.79 Å². The molecule has 1 amide bonds. The molecule has 3 rings (SSSR count). The van der Waals surface area contributed by atoms with Gasteiger partial charge in [-0.15, -0.1) is 5.10 Å². The van der Waals surface area contributed by atoms with Crippen LogP contribution in [0, 0.1) is 0 Å². The predicted molar refractivity (Wildman–Crippen MR) is 64.1 cm³/mol. The number of hydrogen-bond acceptors (Lipinski definition) is 5. The number of nitrogens with one attached hydrogen (secondary N) is 2. The molecule has 2 aromatic heterocycles. The molecule has 1 aliphatic heterocycles. The largest absolute Gasteiger partial charge is 0.312 e. The Bertz CT molecular complexity index is 548. The predicted octanol–water partition coefficient (Wildman–Crippen LogP) is 0.0697. The molecular weight excluding hydrogens is 232 g/mol. The second kappa shape index (κ2) is 4.53. The number of carbonyl (C=O) groups is 1. The average Bonchev–Trinajstić information content (AvgIpc) is 2.77. The van der Waals surface area contributed by atoms with Crippen LogP contribution in [0.3, 0.4) is 0 Å². The highest BCUT2D eigenvalue weighted by molar-refractivity contribution is 6.01. The summed E-state index contributed by atoms with van der Waals surface area (Å²) in [5, 5.41) is 13.6. The highest BCUT2D eigenvalue weighted by Gasteiger charge is 2.21. The molecule has 18 heavy (non-hydrogen) atoms. The number of rotatable bonds is 3. The Morgan fingerprint density at radius 1 is 1.44 bits per heavy atom. The quantitative estimate of drug-likeness (QED) is 0.798. The van der Waals surface area contributed by atoms with Crippen molar-refractivity contribution in [3.05, 3.63) is 36.3 Å². The molecule has 0 atom stereocenters. The third-order valence-electron chi connectivity index (χ3n) is 2.78. The van der Waals surface area contributed by atoms with Crippen LogP contribution in [0.1, 0.15) is 16.5 Å². The van der Waals surface area contributed by atoms with Crippen LogP contribution in [0.5, 0.6) is 0 Å². The van der Waals surface area contributed by atoms with E-state index in [1.807, 2.05) is 0 Å². The van der Waals surface area contributed by atoms with Crippen molar-refractivity contribution in [2.75, 3.05) is 18.4 Å². The lowest BCUT2D eigenvalue weighted by atomic mass is 10.2. The molecule has 7 heteroatoms. The first-order chi connectivity index (χ1) is 8.83. The van der Waals surface area contributed by atoms with E-state index in [1.54, 1.807) is 35.3 Å². The SMILES string of the molecule is O=C(Nc1ccccn1)c1cn(C2CNC2)nn1. The molecule has 0 saturated carbocycles. The number of amides is 1. The first-order valence-corrected chi connectivity index (χ1v) is 5.68. The van der Waals surface area contributed by atoms with Crippen LogP contribution in [-0.2, 0) is 0 Å². The van der Waals surface area contributed by atoms with E-state index < -0.39 is 0 Å². The number of aromatic nitrogens is 4. The minimum atomic E-state index is -0.299. The maximum atomic E-state index is 11.9. The van der Waals surface area contributed by atoms with Gasteiger partial charge in [0.05, 0.1) is 12.2 Å². The second-order valence-electron chi connectivity index (χ2n) is 4.06. The van der Waals surface area contributed by atoms with Crippen molar-refractivity contribution in [3.63, 3.8) is 0 Å². The summed E-state index contributed by atoms with van der Waals surface area (Å²) in [6.45, 7) is 1.73. The standard InChI is InChI=1S/C11H12N6O/c18-11(14-10-3-1-2-4-13-10)9-7-17(16-15-9)8-5-12-6-8/h1-4,7-8,12H,5-6H2,(H,13,14,18). The van der Waals surface area contributed by atoms with E-state index in [0.717, 1.165) is 13.1 Å². The van der Waals surface area contributed by atoms with Gasteiger partial charge in [-0.1, -0.05) is 11.3 Å². The van der Waals surface area contributed by atoms with Crippen molar-refractivity contribution >= 4 is 11.7 Å². The summed E-state index contributed by atoms with van der Waals surface area (Å²) in [4.78, 5) is 15.9. The molecule has 2 N–H and O–H groups in total. The summed E-state index contributed by atoms with van der Waals surface area (Å²) in [7, 11) is 0. The highest BCUT2D eigenvalue weighted by atomic mass is 16.2. The van der Waals surface area contributed by atoms with Crippen LogP contribution in [0.4, 0.5) is 5.82 Å². The molecule has 0 radical (unpaired) electrons. The van der Waals surface area contributed by atoms with Gasteiger partial charge < -0.3 is 10.6 Å². The minimum absolute atomic E-state index is 0.299. The Kier molecular flexibility index (Phi) is 2.73. The van der Waals surface area contributed by atoms with Crippen molar-refractivity contribution in [3.8, 4) is 0 Å². The maximum absolute atomic E-state index is 11.9. The lowest BCUT2D eigenvalue weighted by Gasteiger charge is -2.26. The molecule has 0 aliphatic carbocycles. The van der Waals surface area contributed by atoms with Crippen molar-refractivity contribution < 1.29 is 4.79 Å². The molecule has 1 aliphatic rings. The van der Waals surface area contributed by atoms with Gasteiger partial charge in [0.1, 0.15) is 5.82 Å². The number of anilines is 1. The summed E-state index contributed by atoms with van der Waals surface area (Å²) in [5.74, 6) is 0.203. The van der Waals surface area contributed by atoms with Crippen molar-refractivity contribution in [2.24, 2.45) is 0 Å². The Morgan fingerprint density at radius 2 is 2.33 bits per heavy atom. The van der Waals surface area contributed by atoms with Crippen molar-refractivity contribution in [1.29, 1.82) is 0 Å². The molecule has 1 fully saturated rings. The molecule has 0 unspecified atom stereocenters. The van der Waals surface area contributed by atoms with Crippen LogP contribution in [0.2, 0.25) is 0 Å². The second-order valence-corrected chi connectivity index (χ2v) is 4.06. The molecule has 0 aromatic carbocycles. The van der Waals surface area contributed by atoms with Crippen LogP contribution in [-0.4, -0.2) is 39.0 Å². The van der Waals surface area contributed by atoms with E-state index in [4.69, 9.17) is 0 Å². The summed E-state index contributed by atoms with van der Waals surface area (Å²) in [6, 6.07) is 5.61. The summed E-state index contributed by atoms with van der Waals surface area (Å²) in [6.07, 6.45) is 3.27. The molecule has 7 nitrogen and oxygen atoms in total. The van der Waals surface area contributed by atoms with Gasteiger partial charge >= 0.3 is 0 Å². The van der Waals surface area contributed by atoms with Gasteiger partial charge in [-0.25, -0.2) is 9.67 Å². The minimum Gasteiger partial charge on any atom is -0.312 e. The van der Waals surface area contributed by atoms with Crippen LogP contribution in [0.15, 0.2) is 30.6 Å². The zero-order valence-corrected chi connectivity index (χ0v) is 9.58. The summed E-state index contributed by atoms with van der Waals surface area (Å²) >= 11 is 0. The molecular formula is C11H12N6O. The first kappa shape index (κ1) is 10.8. The van der Waals surface area contributed by atoms with Crippen LogP contribution >= 0.6 is 0 Å². The van der Waals surface area contributed by atoms with E-state index in [0.29, 0.717) is 17.6 Å². The molecule has 92 valence electrons. The van der Waals surface area contributed by atoms with Gasteiger partial charge in [0.25, 0.3) is 5.91 Å². The lowest BCUT2D eigenvalue weighted by molar-refractivity contribution is 0.102. The van der Waals surface area contributed by atoms with Crippen LogP contribution < -0.4 is 10.6 Å². The Hall–Kier alpha value is -2.28. The maximum Gasteiger partial charge on any atom is 0.278 e. The van der Waals surface area contributed by atoms with Gasteiger partial charge in [0, 0.05) is 19.3 Å². The molecule has 2 aromatic rings. The zero-order chi connectivity index (χ0) is 12.4. The fraction of sp³-hybridized carbons (Fsp3) is 0.273. The smallest absolute Gasteiger partial charge is 0.278 e. The third kappa shape index (κ3) is 2.07. The van der Waals surface area contributed by atoms with Crippen molar-refractivity contribution in [2.45, 2.75) is 6.04 Å². The van der Waals surface area contributed by atoms with Gasteiger partial charge in [-0.3, -0.25) is 4.79 Å². The molecule has 0 spiro atoms. The van der Waals surface area contributed by atoms with Gasteiger partial charge in [0.15, 0.2) is 5.69 Å². The number of carbonyl (C=O) groups excluding carboxylic acids is 1. The summed E-state index contributed by atoms with van der Waals surface area (Å²) < 4.78 is 1.71. The lowest BCUT2D eigenvalue weighted by Crippen LogP contribution is -2.43. The van der Waals surface area contributed by atoms with E-state index in [1.165, 1.54) is 0 Å². The fourth-order valence-corrected chi connectivity index (χ4v) is 1.64. The average molecular weight is 244 g/mol. The van der Waals surface area contributed by atoms with E-state index in [2.05, 4.69) is 25.9 Å². The van der Waals surface area contributed by atoms with Gasteiger partial charge in [-0.2, -0.15) is 0 Å². The molecule has 3 heterocycles. The van der Waals surface area contributed by atoms with Crippen LogP contribution in [0.25, 0.3) is 0 Å². The molecule has 0 bridgehead atoms. The number of hydrogen-bond donors (Lipinski definition) is 2. The van der Waals surface area contributed by atoms with Gasteiger partial charge in [0.2, 0.25) is 0 Å². The highest BCUT2D eigenvalue weighted by Crippen LogP contribution is 2.10. The summed E-state index contributed by atoms with van der Waals surface area (Å²) in [5.41, 5.74) is 0.299. The monoisotopic (exact) mass is 244 g/mol. The Balaban J connectivity index is 1.70. The Labute approximate surface area is 103 Å². The topological polar surface area (TPSA) is 84.7 Å². The van der Waals surface area contributed by atoms with E-state index in [-0.39, 0.29) is 5.91 Å². The third-order valence-corrected chi connectivity index (χ3v) is 2.78. The van der Waals surface area contributed by atoms with E-state index >= 15 is 0 Å². The zero-order valence-electron chi connectivity index (χ0n) is 9.58. The van der Waals surface area contributed by atoms with Crippen molar-refractivity contribution in [1.82, 2.24) is 25.3 Å². The molecule has 1 saturated heterocycles.